The smallest absolute Gasteiger partial charge is 0.226 e. The molecule has 3 aromatic carbocycles. The number of hydrogen-bond acceptors (Lipinski definition) is 5. The largest absolute Gasteiger partial charge is 0.352 e. The van der Waals surface area contributed by atoms with E-state index in [9.17, 15) is 9.18 Å². The molecule has 0 spiro atoms. The van der Waals surface area contributed by atoms with Gasteiger partial charge in [0.15, 0.2) is 5.65 Å². The van der Waals surface area contributed by atoms with Crippen molar-refractivity contribution in [3.63, 3.8) is 0 Å². The van der Waals surface area contributed by atoms with Crippen molar-refractivity contribution in [1.29, 1.82) is 0 Å². The van der Waals surface area contributed by atoms with Crippen LogP contribution in [0.4, 0.5) is 10.2 Å². The molecule has 212 valence electrons. The quantitative estimate of drug-likeness (QED) is 0.270. The van der Waals surface area contributed by atoms with Gasteiger partial charge in [-0.2, -0.15) is 5.10 Å². The monoisotopic (exact) mass is 560 g/mol. The first-order valence-corrected chi connectivity index (χ1v) is 14.6. The number of carbonyl (C=O) groups excluding carboxylic acids is 1. The van der Waals surface area contributed by atoms with Crippen molar-refractivity contribution in [2.45, 2.75) is 32.6 Å². The van der Waals surface area contributed by atoms with E-state index in [1.54, 1.807) is 16.8 Å². The van der Waals surface area contributed by atoms with Crippen LogP contribution in [0.2, 0.25) is 0 Å². The summed E-state index contributed by atoms with van der Waals surface area (Å²) in [6.07, 6.45) is 1.51. The van der Waals surface area contributed by atoms with E-state index in [-0.39, 0.29) is 17.6 Å². The summed E-state index contributed by atoms with van der Waals surface area (Å²) in [6.45, 7) is 6.72. The molecule has 2 aliphatic rings. The molecule has 5 aromatic rings. The second kappa shape index (κ2) is 10.7. The molecule has 7 nitrogen and oxygen atoms in total. The van der Waals surface area contributed by atoms with Gasteiger partial charge in [0.05, 0.1) is 16.8 Å². The topological polar surface area (TPSA) is 67.2 Å². The summed E-state index contributed by atoms with van der Waals surface area (Å²) >= 11 is 0. The van der Waals surface area contributed by atoms with Gasteiger partial charge in [0.25, 0.3) is 0 Å². The molecular weight excluding hydrogens is 527 g/mol. The highest BCUT2D eigenvalue weighted by atomic mass is 19.1. The summed E-state index contributed by atoms with van der Waals surface area (Å²) in [5, 5.41) is 5.70. The van der Waals surface area contributed by atoms with Crippen LogP contribution in [0, 0.1) is 25.6 Å². The molecule has 0 radical (unpaired) electrons. The Morgan fingerprint density at radius 3 is 2.31 bits per heavy atom. The van der Waals surface area contributed by atoms with Crippen molar-refractivity contribution in [2.24, 2.45) is 5.92 Å². The van der Waals surface area contributed by atoms with Gasteiger partial charge in [0.2, 0.25) is 5.91 Å². The van der Waals surface area contributed by atoms with Gasteiger partial charge >= 0.3 is 0 Å². The summed E-state index contributed by atoms with van der Waals surface area (Å²) in [6, 6.07) is 25.1. The second-order valence-electron chi connectivity index (χ2n) is 11.5. The van der Waals surface area contributed by atoms with E-state index in [0.29, 0.717) is 50.0 Å². The lowest BCUT2D eigenvalue weighted by atomic mass is 10.1. The Morgan fingerprint density at radius 1 is 0.881 bits per heavy atom. The van der Waals surface area contributed by atoms with Gasteiger partial charge in [-0.1, -0.05) is 60.2 Å². The maximum absolute atomic E-state index is 13.7. The number of carbonyl (C=O) groups is 1. The predicted molar refractivity (Wildman–Crippen MR) is 161 cm³/mol. The molecule has 0 N–H and O–H groups in total. The minimum Gasteiger partial charge on any atom is -0.352 e. The number of piperazine rings is 1. The van der Waals surface area contributed by atoms with Gasteiger partial charge in [0.1, 0.15) is 17.5 Å². The third kappa shape index (κ3) is 5.02. The summed E-state index contributed by atoms with van der Waals surface area (Å²) in [5.74, 6) is 1.93. The number of nitrogens with zero attached hydrogens (tertiary/aromatic N) is 6. The van der Waals surface area contributed by atoms with E-state index in [4.69, 9.17) is 15.1 Å². The highest BCUT2D eigenvalue weighted by Crippen LogP contribution is 2.48. The van der Waals surface area contributed by atoms with Crippen molar-refractivity contribution in [3.8, 4) is 5.69 Å². The van der Waals surface area contributed by atoms with Crippen molar-refractivity contribution < 1.29 is 9.18 Å². The molecule has 0 unspecified atom stereocenters. The highest BCUT2D eigenvalue weighted by molar-refractivity contribution is 5.91. The number of benzene rings is 3. The maximum Gasteiger partial charge on any atom is 0.226 e. The number of rotatable bonds is 6. The van der Waals surface area contributed by atoms with Crippen LogP contribution in [0.1, 0.15) is 40.5 Å². The third-order valence-electron chi connectivity index (χ3n) is 8.51. The van der Waals surface area contributed by atoms with Crippen LogP contribution in [-0.4, -0.2) is 56.7 Å². The van der Waals surface area contributed by atoms with Crippen LogP contribution < -0.4 is 4.90 Å². The zero-order valence-electron chi connectivity index (χ0n) is 23.9. The molecule has 1 aliphatic heterocycles. The normalized spacial score (nSPS) is 18.5. The van der Waals surface area contributed by atoms with E-state index < -0.39 is 0 Å². The number of amides is 1. The zero-order valence-corrected chi connectivity index (χ0v) is 23.9. The molecule has 2 aromatic heterocycles. The Bertz CT molecular complexity index is 1740. The van der Waals surface area contributed by atoms with E-state index in [1.165, 1.54) is 23.3 Å². The van der Waals surface area contributed by atoms with Crippen molar-refractivity contribution in [2.75, 3.05) is 31.1 Å². The lowest BCUT2D eigenvalue weighted by molar-refractivity contribution is -0.133. The highest BCUT2D eigenvalue weighted by Gasteiger charge is 2.46. The van der Waals surface area contributed by atoms with Crippen LogP contribution in [0.15, 0.2) is 78.9 Å². The predicted octanol–water partition coefficient (Wildman–Crippen LogP) is 5.61. The molecule has 7 rings (SSSR count). The zero-order chi connectivity index (χ0) is 28.8. The fourth-order valence-electron chi connectivity index (χ4n) is 6.07. The van der Waals surface area contributed by atoms with Gasteiger partial charge in [-0.05, 0) is 61.6 Å². The number of aromatic nitrogens is 4. The fraction of sp³-hybridized carbons (Fsp3) is 0.294. The summed E-state index contributed by atoms with van der Waals surface area (Å²) < 4.78 is 15.5. The number of anilines is 1. The molecule has 1 saturated heterocycles. The number of aryl methyl sites for hydroxylation is 2. The second-order valence-corrected chi connectivity index (χ2v) is 11.5. The van der Waals surface area contributed by atoms with Gasteiger partial charge < -0.3 is 9.80 Å². The molecule has 0 bridgehead atoms. The molecular formula is C34H33FN6O. The standard InChI is InChI=1S/C34H33FN6O/c1-22-8-10-24(11-9-22)20-30-36-32(31-23(2)38-41(33(31)37-30)27-14-12-26(35)13-15-27)39-16-18-40(19-17-39)34(42)29-21-28(29)25-6-4-3-5-7-25/h3-15,28-29H,16-21H2,1-2H3/t28-,29-/m0/s1. The Kier molecular flexibility index (Phi) is 6.69. The molecule has 1 aliphatic carbocycles. The average Bonchev–Trinajstić information content (AvgIpc) is 3.76. The molecule has 1 amide bonds. The van der Waals surface area contributed by atoms with Crippen LogP contribution in [0.5, 0.6) is 0 Å². The Labute approximate surface area is 244 Å². The van der Waals surface area contributed by atoms with Crippen LogP contribution in [0.3, 0.4) is 0 Å². The number of halogens is 1. The number of fused-ring (bicyclic) bond motifs is 1. The maximum atomic E-state index is 13.7. The van der Waals surface area contributed by atoms with Crippen molar-refractivity contribution in [1.82, 2.24) is 24.6 Å². The first-order valence-electron chi connectivity index (χ1n) is 14.6. The summed E-state index contributed by atoms with van der Waals surface area (Å²) in [4.78, 5) is 27.7. The molecule has 1 saturated carbocycles. The average molecular weight is 561 g/mol. The SMILES string of the molecule is Cc1ccc(Cc2nc(N3CCN(C(=O)[C@H]4C[C@H]4c4ccccc4)CC3)c3c(C)nn(-c4ccc(F)cc4)c3n2)cc1. The van der Waals surface area contributed by atoms with E-state index in [1.807, 2.05) is 30.0 Å². The lowest BCUT2D eigenvalue weighted by Crippen LogP contribution is -2.49. The van der Waals surface area contributed by atoms with E-state index in [0.717, 1.165) is 34.6 Å². The van der Waals surface area contributed by atoms with Gasteiger partial charge in [-0.15, -0.1) is 0 Å². The number of hydrogen-bond donors (Lipinski definition) is 0. The molecule has 8 heteroatoms. The van der Waals surface area contributed by atoms with E-state index in [2.05, 4.69) is 48.2 Å². The first kappa shape index (κ1) is 26.3. The minimum absolute atomic E-state index is 0.0852. The summed E-state index contributed by atoms with van der Waals surface area (Å²) in [7, 11) is 0. The minimum atomic E-state index is -0.295. The lowest BCUT2D eigenvalue weighted by Gasteiger charge is -2.36. The van der Waals surface area contributed by atoms with E-state index >= 15 is 0 Å². The molecule has 42 heavy (non-hydrogen) atoms. The van der Waals surface area contributed by atoms with Crippen LogP contribution in [0.25, 0.3) is 16.7 Å². The third-order valence-corrected chi connectivity index (χ3v) is 8.51. The van der Waals surface area contributed by atoms with Gasteiger partial charge in [-0.25, -0.2) is 19.0 Å². The van der Waals surface area contributed by atoms with Crippen molar-refractivity contribution in [3.05, 3.63) is 113 Å². The van der Waals surface area contributed by atoms with Gasteiger partial charge in [-0.3, -0.25) is 4.79 Å². The Morgan fingerprint density at radius 2 is 1.60 bits per heavy atom. The summed E-state index contributed by atoms with van der Waals surface area (Å²) in [5.41, 5.74) is 5.85. The van der Waals surface area contributed by atoms with Crippen molar-refractivity contribution >= 4 is 22.8 Å². The molecule has 2 atom stereocenters. The molecule has 2 fully saturated rings. The molecule has 3 heterocycles. The van der Waals surface area contributed by atoms with Crippen LogP contribution >= 0.6 is 0 Å². The first-order chi connectivity index (χ1) is 20.4. The van der Waals surface area contributed by atoms with Crippen LogP contribution in [-0.2, 0) is 11.2 Å². The fourth-order valence-corrected chi connectivity index (χ4v) is 6.07. The van der Waals surface area contributed by atoms with Gasteiger partial charge in [0, 0.05) is 38.5 Å². The Balaban J connectivity index is 1.18. The Hall–Kier alpha value is -4.59.